The molecule has 170 valence electrons. The highest BCUT2D eigenvalue weighted by atomic mass is 19.1. The molecular weight excluding hydrogens is 423 g/mol. The van der Waals surface area contributed by atoms with Crippen molar-refractivity contribution in [1.82, 2.24) is 19.7 Å². The Morgan fingerprint density at radius 3 is 2.91 bits per heavy atom. The summed E-state index contributed by atoms with van der Waals surface area (Å²) in [7, 11) is 1.53. The van der Waals surface area contributed by atoms with E-state index in [1.54, 1.807) is 22.7 Å². The molecule has 1 fully saturated rings. The summed E-state index contributed by atoms with van der Waals surface area (Å²) in [6.07, 6.45) is 5.00. The number of methoxy groups -OCH3 is 1. The Balaban J connectivity index is 1.54. The highest BCUT2D eigenvalue weighted by molar-refractivity contribution is 6.13. The Morgan fingerprint density at radius 1 is 1.27 bits per heavy atom. The largest absolute Gasteiger partial charge is 0.480 e. The van der Waals surface area contributed by atoms with Crippen LogP contribution in [0.4, 0.5) is 15.8 Å². The van der Waals surface area contributed by atoms with Crippen molar-refractivity contribution in [3.05, 3.63) is 59.8 Å². The SMILES string of the molecule is COc1cnc2c(C(=O)Nc3cc(F)c4cc(C)cn4c3)ccc(N3CCNC(C)C3)c2n1. The lowest BCUT2D eigenvalue weighted by Crippen LogP contribution is -2.49. The lowest BCUT2D eigenvalue weighted by atomic mass is 10.1. The topological polar surface area (TPSA) is 83.8 Å². The van der Waals surface area contributed by atoms with E-state index in [0.29, 0.717) is 39.7 Å². The van der Waals surface area contributed by atoms with E-state index in [2.05, 4.69) is 32.4 Å². The number of rotatable bonds is 4. The molecule has 1 atom stereocenters. The van der Waals surface area contributed by atoms with Gasteiger partial charge in [0.2, 0.25) is 5.88 Å². The maximum absolute atomic E-state index is 14.5. The van der Waals surface area contributed by atoms with Crippen molar-refractivity contribution in [2.24, 2.45) is 0 Å². The van der Waals surface area contributed by atoms with Crippen molar-refractivity contribution >= 4 is 33.8 Å². The van der Waals surface area contributed by atoms with Crippen LogP contribution in [0.25, 0.3) is 16.6 Å². The number of benzene rings is 1. The molecule has 3 aromatic heterocycles. The summed E-state index contributed by atoms with van der Waals surface area (Å²) in [5, 5.41) is 6.23. The van der Waals surface area contributed by atoms with Gasteiger partial charge in [-0.05, 0) is 37.6 Å². The first-order valence-corrected chi connectivity index (χ1v) is 10.8. The number of carbonyl (C=O) groups excluding carboxylic acids is 1. The number of hydrogen-bond donors (Lipinski definition) is 2. The van der Waals surface area contributed by atoms with E-state index in [1.807, 2.05) is 19.2 Å². The number of anilines is 2. The molecule has 1 aliphatic heterocycles. The first-order valence-electron chi connectivity index (χ1n) is 10.8. The number of nitrogens with one attached hydrogen (secondary N) is 2. The van der Waals surface area contributed by atoms with Gasteiger partial charge in [0.15, 0.2) is 0 Å². The number of carbonyl (C=O) groups is 1. The number of hydrogen-bond acceptors (Lipinski definition) is 6. The smallest absolute Gasteiger partial charge is 0.257 e. The Morgan fingerprint density at radius 2 is 2.12 bits per heavy atom. The van der Waals surface area contributed by atoms with Gasteiger partial charge in [-0.25, -0.2) is 14.4 Å². The lowest BCUT2D eigenvalue weighted by Gasteiger charge is -2.34. The van der Waals surface area contributed by atoms with Gasteiger partial charge in [0.1, 0.15) is 16.9 Å². The quantitative estimate of drug-likeness (QED) is 0.498. The number of aromatic nitrogens is 3. The van der Waals surface area contributed by atoms with Gasteiger partial charge < -0.3 is 24.7 Å². The molecule has 0 aliphatic carbocycles. The molecule has 0 radical (unpaired) electrons. The molecule has 0 saturated carbocycles. The van der Waals surface area contributed by atoms with Gasteiger partial charge in [0, 0.05) is 44.1 Å². The zero-order chi connectivity index (χ0) is 23.1. The normalized spacial score (nSPS) is 16.4. The molecule has 1 aromatic carbocycles. The van der Waals surface area contributed by atoms with Crippen molar-refractivity contribution in [2.45, 2.75) is 19.9 Å². The minimum absolute atomic E-state index is 0.331. The Labute approximate surface area is 190 Å². The minimum Gasteiger partial charge on any atom is -0.480 e. The van der Waals surface area contributed by atoms with E-state index in [9.17, 15) is 9.18 Å². The predicted molar refractivity (Wildman–Crippen MR) is 126 cm³/mol. The maximum Gasteiger partial charge on any atom is 0.257 e. The van der Waals surface area contributed by atoms with Crippen LogP contribution >= 0.6 is 0 Å². The number of aryl methyl sites for hydroxylation is 1. The second-order valence-electron chi connectivity index (χ2n) is 8.38. The molecule has 8 nitrogen and oxygen atoms in total. The molecule has 1 saturated heterocycles. The number of fused-ring (bicyclic) bond motifs is 2. The monoisotopic (exact) mass is 448 g/mol. The van der Waals surface area contributed by atoms with Gasteiger partial charge in [-0.2, -0.15) is 0 Å². The Hall–Kier alpha value is -3.72. The van der Waals surface area contributed by atoms with E-state index >= 15 is 0 Å². The van der Waals surface area contributed by atoms with Crippen LogP contribution in [0.1, 0.15) is 22.8 Å². The number of halogens is 1. The van der Waals surface area contributed by atoms with Gasteiger partial charge in [-0.15, -0.1) is 0 Å². The molecule has 33 heavy (non-hydrogen) atoms. The van der Waals surface area contributed by atoms with Crippen LogP contribution in [0.15, 0.2) is 42.9 Å². The average Bonchev–Trinajstić information content (AvgIpc) is 3.18. The van der Waals surface area contributed by atoms with E-state index in [0.717, 1.165) is 30.9 Å². The zero-order valence-electron chi connectivity index (χ0n) is 18.7. The van der Waals surface area contributed by atoms with Gasteiger partial charge in [-0.1, -0.05) is 0 Å². The summed E-state index contributed by atoms with van der Waals surface area (Å²) in [6.45, 7) is 6.51. The van der Waals surface area contributed by atoms with Gasteiger partial charge in [-0.3, -0.25) is 4.79 Å². The molecule has 1 aliphatic rings. The average molecular weight is 449 g/mol. The summed E-state index contributed by atoms with van der Waals surface area (Å²) in [5.41, 5.74) is 4.08. The summed E-state index contributed by atoms with van der Waals surface area (Å²) >= 11 is 0. The third-order valence-electron chi connectivity index (χ3n) is 5.87. The van der Waals surface area contributed by atoms with Crippen molar-refractivity contribution in [3.8, 4) is 5.88 Å². The molecule has 4 heterocycles. The van der Waals surface area contributed by atoms with Crippen LogP contribution in [-0.4, -0.2) is 53.1 Å². The highest BCUT2D eigenvalue weighted by Crippen LogP contribution is 2.30. The third-order valence-corrected chi connectivity index (χ3v) is 5.87. The fourth-order valence-electron chi connectivity index (χ4n) is 4.34. The minimum atomic E-state index is -0.404. The van der Waals surface area contributed by atoms with Crippen molar-refractivity contribution in [3.63, 3.8) is 0 Å². The molecule has 9 heteroatoms. The number of pyridine rings is 1. The van der Waals surface area contributed by atoms with Crippen molar-refractivity contribution < 1.29 is 13.9 Å². The zero-order valence-corrected chi connectivity index (χ0v) is 18.7. The number of piperazine rings is 1. The molecule has 5 rings (SSSR count). The fourth-order valence-corrected chi connectivity index (χ4v) is 4.34. The van der Waals surface area contributed by atoms with Crippen LogP contribution in [0, 0.1) is 12.7 Å². The molecular formula is C24H25FN6O2. The van der Waals surface area contributed by atoms with Gasteiger partial charge in [0.25, 0.3) is 5.91 Å². The van der Waals surface area contributed by atoms with Gasteiger partial charge >= 0.3 is 0 Å². The fraction of sp³-hybridized carbons (Fsp3) is 0.292. The van der Waals surface area contributed by atoms with Crippen LogP contribution in [0.5, 0.6) is 5.88 Å². The second-order valence-corrected chi connectivity index (χ2v) is 8.38. The van der Waals surface area contributed by atoms with E-state index in [1.165, 1.54) is 19.4 Å². The van der Waals surface area contributed by atoms with E-state index in [-0.39, 0.29) is 5.91 Å². The predicted octanol–water partition coefficient (Wildman–Crippen LogP) is 3.39. The molecule has 2 N–H and O–H groups in total. The standard InChI is InChI=1S/C24H25FN6O2/c1-14-8-20-18(25)9-16(13-31(20)11-14)28-24(32)17-4-5-19(30-7-6-26-15(2)12-30)23-22(17)27-10-21(29-23)33-3/h4-5,8-11,13,15,26H,6-7,12H2,1-3H3,(H,28,32). The van der Waals surface area contributed by atoms with E-state index < -0.39 is 5.82 Å². The first-order chi connectivity index (χ1) is 15.9. The van der Waals surface area contributed by atoms with E-state index in [4.69, 9.17) is 4.74 Å². The summed E-state index contributed by atoms with van der Waals surface area (Å²) < 4.78 is 21.5. The first kappa shape index (κ1) is 21.1. The summed E-state index contributed by atoms with van der Waals surface area (Å²) in [5.74, 6) is -0.416. The molecule has 1 amide bonds. The van der Waals surface area contributed by atoms with Crippen molar-refractivity contribution in [1.29, 1.82) is 0 Å². The highest BCUT2D eigenvalue weighted by Gasteiger charge is 2.22. The molecule has 1 unspecified atom stereocenters. The maximum atomic E-state index is 14.5. The summed E-state index contributed by atoms with van der Waals surface area (Å²) in [6, 6.07) is 7.04. The Kier molecular flexibility index (Phi) is 5.33. The number of ether oxygens (including phenoxy) is 1. The van der Waals surface area contributed by atoms with Crippen LogP contribution in [-0.2, 0) is 0 Å². The second kappa shape index (κ2) is 8.32. The van der Waals surface area contributed by atoms with Crippen molar-refractivity contribution in [2.75, 3.05) is 37.0 Å². The third kappa shape index (κ3) is 3.95. The molecule has 0 spiro atoms. The molecule has 4 aromatic rings. The van der Waals surface area contributed by atoms with Crippen LogP contribution < -0.4 is 20.3 Å². The number of nitrogens with zero attached hydrogens (tertiary/aromatic N) is 4. The number of amides is 1. The summed E-state index contributed by atoms with van der Waals surface area (Å²) in [4.78, 5) is 24.5. The lowest BCUT2D eigenvalue weighted by molar-refractivity contribution is 0.102. The van der Waals surface area contributed by atoms with Gasteiger partial charge in [0.05, 0.1) is 35.8 Å². The van der Waals surface area contributed by atoms with Crippen LogP contribution in [0.2, 0.25) is 0 Å². The Bertz CT molecular complexity index is 1370. The van der Waals surface area contributed by atoms with Crippen LogP contribution in [0.3, 0.4) is 0 Å². The molecule has 0 bridgehead atoms.